The van der Waals surface area contributed by atoms with Gasteiger partial charge in [-0.3, -0.25) is 0 Å². The van der Waals surface area contributed by atoms with E-state index in [4.69, 9.17) is 0 Å². The predicted molar refractivity (Wildman–Crippen MR) is 46.2 cm³/mol. The first-order valence-electron chi connectivity index (χ1n) is 4.30. The van der Waals surface area contributed by atoms with Crippen LogP contribution in [0.4, 0.5) is 0 Å². The van der Waals surface area contributed by atoms with Gasteiger partial charge in [-0.1, -0.05) is 19.3 Å². The maximum Gasteiger partial charge on any atom is 0.0535 e. The third-order valence-corrected chi connectivity index (χ3v) is 3.77. The minimum absolute atomic E-state index is 0.810. The highest BCUT2D eigenvalue weighted by Gasteiger charge is 2.23. The van der Waals surface area contributed by atoms with Crippen LogP contribution in [0.1, 0.15) is 25.7 Å². The van der Waals surface area contributed by atoms with Gasteiger partial charge < -0.3 is 5.32 Å². The molecule has 2 aliphatic rings. The summed E-state index contributed by atoms with van der Waals surface area (Å²) in [6.45, 7) is 1.24. The molecule has 1 N–H and O–H groups in total. The molecule has 0 aromatic carbocycles. The first-order chi connectivity index (χ1) is 4.95. The lowest BCUT2D eigenvalue weighted by molar-refractivity contribution is 0.288. The Morgan fingerprint density at radius 1 is 1.40 bits per heavy atom. The normalized spacial score (nSPS) is 34.2. The summed E-state index contributed by atoms with van der Waals surface area (Å²) < 4.78 is 0. The fraction of sp³-hybridized carbons (Fsp3) is 1.00. The molecule has 58 valence electrons. The molecule has 0 aromatic heterocycles. The van der Waals surface area contributed by atoms with Crippen LogP contribution in [0.3, 0.4) is 0 Å². The lowest BCUT2D eigenvalue weighted by Gasteiger charge is -2.27. The van der Waals surface area contributed by atoms with E-state index in [0.717, 1.165) is 11.3 Å². The molecule has 1 nitrogen and oxygen atoms in total. The van der Waals surface area contributed by atoms with Crippen LogP contribution in [-0.2, 0) is 0 Å². The lowest BCUT2D eigenvalue weighted by Crippen LogP contribution is -2.25. The van der Waals surface area contributed by atoms with E-state index in [1.165, 1.54) is 38.0 Å². The van der Waals surface area contributed by atoms with E-state index in [2.05, 4.69) is 17.1 Å². The fourth-order valence-corrected chi connectivity index (χ4v) is 2.83. The molecule has 1 unspecified atom stereocenters. The van der Waals surface area contributed by atoms with Gasteiger partial charge in [-0.2, -0.15) is 0 Å². The summed E-state index contributed by atoms with van der Waals surface area (Å²) in [6, 6.07) is 0. The standard InChI is InChI=1S/C8H15NS/c1-2-7(3-1)6-8-9-4-5-10-8/h7-9H,1-6H2. The van der Waals surface area contributed by atoms with Gasteiger partial charge in [0.15, 0.2) is 0 Å². The van der Waals surface area contributed by atoms with Crippen LogP contribution in [0, 0.1) is 5.92 Å². The van der Waals surface area contributed by atoms with Crippen molar-refractivity contribution >= 4 is 11.8 Å². The van der Waals surface area contributed by atoms with Gasteiger partial charge in [0.1, 0.15) is 0 Å². The Labute approximate surface area is 67.0 Å². The molecule has 1 aliphatic heterocycles. The molecule has 0 radical (unpaired) electrons. The van der Waals surface area contributed by atoms with E-state index >= 15 is 0 Å². The molecular formula is C8H15NS. The molecule has 1 saturated heterocycles. The summed E-state index contributed by atoms with van der Waals surface area (Å²) in [5.41, 5.74) is 0. The molecule has 0 aromatic rings. The van der Waals surface area contributed by atoms with Crippen LogP contribution in [0.25, 0.3) is 0 Å². The number of hydrogen-bond acceptors (Lipinski definition) is 2. The van der Waals surface area contributed by atoms with E-state index in [0.29, 0.717) is 0 Å². The van der Waals surface area contributed by atoms with Crippen molar-refractivity contribution in [1.29, 1.82) is 0 Å². The van der Waals surface area contributed by atoms with E-state index < -0.39 is 0 Å². The zero-order chi connectivity index (χ0) is 6.81. The van der Waals surface area contributed by atoms with Crippen LogP contribution in [0.2, 0.25) is 0 Å². The third-order valence-electron chi connectivity index (χ3n) is 2.57. The summed E-state index contributed by atoms with van der Waals surface area (Å²) in [7, 11) is 0. The molecule has 1 saturated carbocycles. The van der Waals surface area contributed by atoms with Crippen molar-refractivity contribution in [2.24, 2.45) is 5.92 Å². The second-order valence-corrected chi connectivity index (χ2v) is 4.66. The summed E-state index contributed by atoms with van der Waals surface area (Å²) in [6.07, 6.45) is 5.92. The molecule has 2 rings (SSSR count). The minimum Gasteiger partial charge on any atom is -0.305 e. The third kappa shape index (κ3) is 1.48. The van der Waals surface area contributed by atoms with Gasteiger partial charge >= 0.3 is 0 Å². The zero-order valence-corrected chi connectivity index (χ0v) is 7.12. The van der Waals surface area contributed by atoms with Crippen molar-refractivity contribution in [3.05, 3.63) is 0 Å². The Balaban J connectivity index is 1.68. The highest BCUT2D eigenvalue weighted by atomic mass is 32.2. The summed E-state index contributed by atoms with van der Waals surface area (Å²) in [4.78, 5) is 0. The van der Waals surface area contributed by atoms with E-state index in [1.54, 1.807) is 0 Å². The summed E-state index contributed by atoms with van der Waals surface area (Å²) in [5.74, 6) is 2.40. The first kappa shape index (κ1) is 6.99. The van der Waals surface area contributed by atoms with Gasteiger partial charge in [0, 0.05) is 12.3 Å². The summed E-state index contributed by atoms with van der Waals surface area (Å²) >= 11 is 2.11. The van der Waals surface area contributed by atoms with Crippen molar-refractivity contribution in [3.63, 3.8) is 0 Å². The van der Waals surface area contributed by atoms with Crippen molar-refractivity contribution in [2.45, 2.75) is 31.1 Å². The molecule has 0 amide bonds. The van der Waals surface area contributed by atoms with Crippen molar-refractivity contribution in [1.82, 2.24) is 5.32 Å². The second-order valence-electron chi connectivity index (χ2n) is 3.35. The highest BCUT2D eigenvalue weighted by Crippen LogP contribution is 2.33. The van der Waals surface area contributed by atoms with Gasteiger partial charge in [0.2, 0.25) is 0 Å². The molecule has 1 heterocycles. The van der Waals surface area contributed by atoms with Crippen LogP contribution < -0.4 is 5.32 Å². The van der Waals surface area contributed by atoms with Crippen molar-refractivity contribution in [2.75, 3.05) is 12.3 Å². The van der Waals surface area contributed by atoms with Crippen molar-refractivity contribution in [3.8, 4) is 0 Å². The minimum atomic E-state index is 0.810. The van der Waals surface area contributed by atoms with Gasteiger partial charge in [0.25, 0.3) is 0 Å². The Kier molecular flexibility index (Phi) is 2.19. The number of rotatable bonds is 2. The molecule has 2 fully saturated rings. The number of hydrogen-bond donors (Lipinski definition) is 1. The quantitative estimate of drug-likeness (QED) is 0.656. The van der Waals surface area contributed by atoms with Gasteiger partial charge in [0.05, 0.1) is 5.37 Å². The van der Waals surface area contributed by atoms with Crippen molar-refractivity contribution < 1.29 is 0 Å². The van der Waals surface area contributed by atoms with Crippen LogP contribution in [-0.4, -0.2) is 17.7 Å². The maximum absolute atomic E-state index is 3.52. The molecule has 0 spiro atoms. The predicted octanol–water partition coefficient (Wildman–Crippen LogP) is 1.84. The fourth-order valence-electron chi connectivity index (χ4n) is 1.66. The van der Waals surface area contributed by atoms with Gasteiger partial charge in [-0.15, -0.1) is 11.8 Å². The average molecular weight is 157 g/mol. The highest BCUT2D eigenvalue weighted by molar-refractivity contribution is 8.00. The SMILES string of the molecule is C1CC(CC2NCCS2)C1. The Bertz CT molecular complexity index is 106. The zero-order valence-electron chi connectivity index (χ0n) is 6.31. The van der Waals surface area contributed by atoms with Crippen LogP contribution >= 0.6 is 11.8 Å². The molecule has 10 heavy (non-hydrogen) atoms. The summed E-state index contributed by atoms with van der Waals surface area (Å²) in [5, 5.41) is 4.33. The van der Waals surface area contributed by atoms with E-state index in [1.807, 2.05) is 0 Å². The largest absolute Gasteiger partial charge is 0.305 e. The van der Waals surface area contributed by atoms with Gasteiger partial charge in [-0.05, 0) is 12.3 Å². The number of thioether (sulfide) groups is 1. The molecule has 1 aliphatic carbocycles. The molecular weight excluding hydrogens is 142 g/mol. The van der Waals surface area contributed by atoms with Crippen LogP contribution in [0.5, 0.6) is 0 Å². The van der Waals surface area contributed by atoms with Gasteiger partial charge in [-0.25, -0.2) is 0 Å². The second kappa shape index (κ2) is 3.14. The number of nitrogens with one attached hydrogen (secondary N) is 1. The van der Waals surface area contributed by atoms with E-state index in [9.17, 15) is 0 Å². The topological polar surface area (TPSA) is 12.0 Å². The molecule has 2 heteroatoms. The molecule has 0 bridgehead atoms. The Morgan fingerprint density at radius 2 is 2.30 bits per heavy atom. The Morgan fingerprint density at radius 3 is 2.80 bits per heavy atom. The van der Waals surface area contributed by atoms with Crippen LogP contribution in [0.15, 0.2) is 0 Å². The van der Waals surface area contributed by atoms with E-state index in [-0.39, 0.29) is 0 Å². The monoisotopic (exact) mass is 157 g/mol. The first-order valence-corrected chi connectivity index (χ1v) is 5.35. The average Bonchev–Trinajstić information content (AvgIpc) is 2.29. The maximum atomic E-state index is 3.52. The Hall–Kier alpha value is 0.310. The smallest absolute Gasteiger partial charge is 0.0535 e. The lowest BCUT2D eigenvalue weighted by atomic mass is 9.83. The molecule has 1 atom stereocenters.